The SMILES string of the molecule is CC[C@@H](N)c1ccc(O)c(OC)c1.Cl. The van der Waals surface area contributed by atoms with Gasteiger partial charge in [-0.1, -0.05) is 13.0 Å². The zero-order valence-electron chi connectivity index (χ0n) is 8.36. The Bertz CT molecular complexity index is 291. The monoisotopic (exact) mass is 217 g/mol. The molecule has 0 heterocycles. The molecule has 80 valence electrons. The van der Waals surface area contributed by atoms with Crippen molar-refractivity contribution < 1.29 is 9.84 Å². The highest BCUT2D eigenvalue weighted by Gasteiger charge is 2.07. The average Bonchev–Trinajstić information content (AvgIpc) is 2.17. The maximum absolute atomic E-state index is 9.32. The van der Waals surface area contributed by atoms with E-state index in [1.165, 1.54) is 7.11 Å². The van der Waals surface area contributed by atoms with Crippen LogP contribution in [0.3, 0.4) is 0 Å². The number of ether oxygens (including phenoxy) is 1. The summed E-state index contributed by atoms with van der Waals surface area (Å²) in [7, 11) is 1.52. The van der Waals surface area contributed by atoms with E-state index in [1.807, 2.05) is 13.0 Å². The molecule has 14 heavy (non-hydrogen) atoms. The topological polar surface area (TPSA) is 55.5 Å². The first kappa shape index (κ1) is 13.1. The summed E-state index contributed by atoms with van der Waals surface area (Å²) in [5.74, 6) is 0.621. The third-order valence-electron chi connectivity index (χ3n) is 2.07. The maximum atomic E-state index is 9.32. The van der Waals surface area contributed by atoms with Crippen molar-refractivity contribution in [3.63, 3.8) is 0 Å². The standard InChI is InChI=1S/C10H15NO2.ClH/c1-3-8(11)7-4-5-9(12)10(6-7)13-2;/h4-6,8,12H,3,11H2,1-2H3;1H/t8-;/m1./s1. The number of phenols is 1. The Balaban J connectivity index is 0.00000169. The molecule has 1 aromatic rings. The fourth-order valence-corrected chi connectivity index (χ4v) is 1.16. The second-order valence-electron chi connectivity index (χ2n) is 2.95. The summed E-state index contributed by atoms with van der Waals surface area (Å²) in [5, 5.41) is 9.32. The summed E-state index contributed by atoms with van der Waals surface area (Å²) in [4.78, 5) is 0. The normalized spacial score (nSPS) is 11.6. The van der Waals surface area contributed by atoms with Gasteiger partial charge in [-0.15, -0.1) is 12.4 Å². The van der Waals surface area contributed by atoms with E-state index in [2.05, 4.69) is 0 Å². The van der Waals surface area contributed by atoms with Gasteiger partial charge in [0.05, 0.1) is 7.11 Å². The lowest BCUT2D eigenvalue weighted by atomic mass is 10.1. The molecule has 0 aliphatic heterocycles. The average molecular weight is 218 g/mol. The highest BCUT2D eigenvalue weighted by molar-refractivity contribution is 5.85. The third-order valence-corrected chi connectivity index (χ3v) is 2.07. The molecule has 3 N–H and O–H groups in total. The Kier molecular flexibility index (Phi) is 5.35. The molecule has 0 aliphatic rings. The predicted octanol–water partition coefficient (Wildman–Crippen LogP) is 2.23. The Morgan fingerprint density at radius 2 is 2.14 bits per heavy atom. The lowest BCUT2D eigenvalue weighted by molar-refractivity contribution is 0.372. The van der Waals surface area contributed by atoms with Crippen molar-refractivity contribution >= 4 is 12.4 Å². The third kappa shape index (κ3) is 2.79. The van der Waals surface area contributed by atoms with Gasteiger partial charge in [0.2, 0.25) is 0 Å². The van der Waals surface area contributed by atoms with Crippen LogP contribution in [0, 0.1) is 0 Å². The molecule has 1 rings (SSSR count). The minimum atomic E-state index is 0. The van der Waals surface area contributed by atoms with Crippen LogP contribution in [0.1, 0.15) is 24.9 Å². The second kappa shape index (κ2) is 5.73. The lowest BCUT2D eigenvalue weighted by Crippen LogP contribution is -2.08. The quantitative estimate of drug-likeness (QED) is 0.817. The van der Waals surface area contributed by atoms with Crippen LogP contribution in [0.5, 0.6) is 11.5 Å². The van der Waals surface area contributed by atoms with E-state index in [0.717, 1.165) is 12.0 Å². The van der Waals surface area contributed by atoms with E-state index in [-0.39, 0.29) is 24.2 Å². The summed E-state index contributed by atoms with van der Waals surface area (Å²) in [6, 6.07) is 5.19. The van der Waals surface area contributed by atoms with Crippen LogP contribution in [0.4, 0.5) is 0 Å². The van der Waals surface area contributed by atoms with Crippen LogP contribution in [0.15, 0.2) is 18.2 Å². The molecule has 0 saturated heterocycles. The van der Waals surface area contributed by atoms with Gasteiger partial charge in [-0.25, -0.2) is 0 Å². The van der Waals surface area contributed by atoms with Crippen LogP contribution in [0.2, 0.25) is 0 Å². The molecule has 0 radical (unpaired) electrons. The van der Waals surface area contributed by atoms with E-state index in [9.17, 15) is 5.11 Å². The van der Waals surface area contributed by atoms with Gasteiger partial charge in [-0.3, -0.25) is 0 Å². The van der Waals surface area contributed by atoms with Gasteiger partial charge in [0.15, 0.2) is 11.5 Å². The Labute approximate surface area is 90.3 Å². The molecule has 1 aromatic carbocycles. The van der Waals surface area contributed by atoms with Crippen molar-refractivity contribution in [2.75, 3.05) is 7.11 Å². The summed E-state index contributed by atoms with van der Waals surface area (Å²) in [6.45, 7) is 2.02. The molecular formula is C10H16ClNO2. The fourth-order valence-electron chi connectivity index (χ4n) is 1.16. The highest BCUT2D eigenvalue weighted by atomic mass is 35.5. The van der Waals surface area contributed by atoms with Gasteiger partial charge in [0, 0.05) is 6.04 Å². The molecule has 0 bridgehead atoms. The predicted molar refractivity (Wildman–Crippen MR) is 59.1 cm³/mol. The number of hydrogen-bond donors (Lipinski definition) is 2. The minimum Gasteiger partial charge on any atom is -0.504 e. The smallest absolute Gasteiger partial charge is 0.160 e. The van der Waals surface area contributed by atoms with E-state index in [0.29, 0.717) is 5.75 Å². The molecule has 0 fully saturated rings. The van der Waals surface area contributed by atoms with Crippen molar-refractivity contribution in [1.29, 1.82) is 0 Å². The van der Waals surface area contributed by atoms with E-state index >= 15 is 0 Å². The van der Waals surface area contributed by atoms with Gasteiger partial charge < -0.3 is 15.6 Å². The number of halogens is 1. The zero-order chi connectivity index (χ0) is 9.84. The molecule has 0 aromatic heterocycles. The summed E-state index contributed by atoms with van der Waals surface area (Å²) >= 11 is 0. The van der Waals surface area contributed by atoms with Crippen LogP contribution in [-0.2, 0) is 0 Å². The number of methoxy groups -OCH3 is 1. The summed E-state index contributed by atoms with van der Waals surface area (Å²) < 4.78 is 4.97. The minimum absolute atomic E-state index is 0. The number of benzene rings is 1. The number of aromatic hydroxyl groups is 1. The van der Waals surface area contributed by atoms with Crippen LogP contribution in [0.25, 0.3) is 0 Å². The number of hydrogen-bond acceptors (Lipinski definition) is 3. The van der Waals surface area contributed by atoms with Crippen molar-refractivity contribution in [3.8, 4) is 11.5 Å². The number of phenolic OH excluding ortho intramolecular Hbond substituents is 1. The Morgan fingerprint density at radius 1 is 1.50 bits per heavy atom. The second-order valence-corrected chi connectivity index (χ2v) is 2.95. The number of rotatable bonds is 3. The summed E-state index contributed by atoms with van der Waals surface area (Å²) in [6.07, 6.45) is 0.869. The first-order valence-corrected chi connectivity index (χ1v) is 4.31. The highest BCUT2D eigenvalue weighted by Crippen LogP contribution is 2.28. The molecule has 4 heteroatoms. The Morgan fingerprint density at radius 3 is 2.64 bits per heavy atom. The zero-order valence-corrected chi connectivity index (χ0v) is 9.17. The van der Waals surface area contributed by atoms with Gasteiger partial charge in [0.25, 0.3) is 0 Å². The lowest BCUT2D eigenvalue weighted by Gasteiger charge is -2.11. The largest absolute Gasteiger partial charge is 0.504 e. The van der Waals surface area contributed by atoms with Gasteiger partial charge >= 0.3 is 0 Å². The first-order chi connectivity index (χ1) is 6.19. The van der Waals surface area contributed by atoms with Crippen molar-refractivity contribution in [2.24, 2.45) is 5.73 Å². The first-order valence-electron chi connectivity index (χ1n) is 4.31. The van der Waals surface area contributed by atoms with Crippen LogP contribution < -0.4 is 10.5 Å². The molecule has 0 spiro atoms. The van der Waals surface area contributed by atoms with Gasteiger partial charge in [-0.2, -0.15) is 0 Å². The van der Waals surface area contributed by atoms with E-state index < -0.39 is 0 Å². The van der Waals surface area contributed by atoms with Crippen molar-refractivity contribution in [3.05, 3.63) is 23.8 Å². The fraction of sp³-hybridized carbons (Fsp3) is 0.400. The molecule has 0 amide bonds. The van der Waals surface area contributed by atoms with E-state index in [4.69, 9.17) is 10.5 Å². The molecule has 0 aliphatic carbocycles. The molecule has 0 unspecified atom stereocenters. The van der Waals surface area contributed by atoms with Crippen molar-refractivity contribution in [2.45, 2.75) is 19.4 Å². The van der Waals surface area contributed by atoms with Gasteiger partial charge in [0.1, 0.15) is 0 Å². The van der Waals surface area contributed by atoms with Crippen molar-refractivity contribution in [1.82, 2.24) is 0 Å². The van der Waals surface area contributed by atoms with Gasteiger partial charge in [-0.05, 0) is 24.1 Å². The van der Waals surface area contributed by atoms with E-state index in [1.54, 1.807) is 12.1 Å². The Hall–Kier alpha value is -0.930. The molecule has 1 atom stereocenters. The van der Waals surface area contributed by atoms with Crippen LogP contribution in [-0.4, -0.2) is 12.2 Å². The summed E-state index contributed by atoms with van der Waals surface area (Å²) in [5.41, 5.74) is 6.81. The number of nitrogens with two attached hydrogens (primary N) is 1. The van der Waals surface area contributed by atoms with Crippen LogP contribution >= 0.6 is 12.4 Å². The molecule has 3 nitrogen and oxygen atoms in total. The molecule has 0 saturated carbocycles. The maximum Gasteiger partial charge on any atom is 0.160 e. The molecular weight excluding hydrogens is 202 g/mol.